The normalized spacial score (nSPS) is 15.6. The van der Waals surface area contributed by atoms with E-state index in [1.807, 2.05) is 34.9 Å². The van der Waals surface area contributed by atoms with E-state index in [1.54, 1.807) is 6.33 Å². The second-order valence-corrected chi connectivity index (χ2v) is 10.5. The first-order chi connectivity index (χ1) is 19.1. The van der Waals surface area contributed by atoms with Crippen molar-refractivity contribution in [1.29, 1.82) is 0 Å². The second kappa shape index (κ2) is 9.71. The molecule has 3 aromatic carbocycles. The lowest BCUT2D eigenvalue weighted by molar-refractivity contribution is 0.313. The minimum Gasteiger partial charge on any atom is -0.369 e. The Bertz CT molecular complexity index is 1830. The number of anilines is 1. The Morgan fingerprint density at radius 2 is 1.72 bits per heavy atom. The van der Waals surface area contributed by atoms with Crippen molar-refractivity contribution in [2.75, 3.05) is 38.1 Å². The van der Waals surface area contributed by atoms with Crippen LogP contribution in [0.25, 0.3) is 44.4 Å². The van der Waals surface area contributed by atoms with Crippen molar-refractivity contribution >= 4 is 38.7 Å². The fraction of sp³-hybridized carbons (Fsp3) is 0.258. The molecule has 6 aromatic rings. The smallest absolute Gasteiger partial charge is 0.262 e. The van der Waals surface area contributed by atoms with E-state index in [0.29, 0.717) is 11.4 Å². The molecule has 8 rings (SSSR count). The number of benzene rings is 3. The van der Waals surface area contributed by atoms with Crippen LogP contribution in [0.3, 0.4) is 0 Å². The number of imidazole rings is 2. The van der Waals surface area contributed by atoms with E-state index in [-0.39, 0.29) is 5.56 Å². The number of aromatic amines is 2. The minimum atomic E-state index is 0.0491. The van der Waals surface area contributed by atoms with Gasteiger partial charge in [0.15, 0.2) is 0 Å². The average Bonchev–Trinajstić information content (AvgIpc) is 3.62. The number of nitrogens with one attached hydrogen (secondary N) is 2. The summed E-state index contributed by atoms with van der Waals surface area (Å²) in [6.45, 7) is 4.98. The van der Waals surface area contributed by atoms with Crippen LogP contribution in [0.5, 0.6) is 0 Å². The van der Waals surface area contributed by atoms with Gasteiger partial charge in [0.1, 0.15) is 5.82 Å². The number of rotatable bonds is 2. The molecule has 2 aliphatic heterocycles. The molecule has 0 aliphatic carbocycles. The van der Waals surface area contributed by atoms with Gasteiger partial charge in [-0.25, -0.2) is 9.97 Å². The third-order valence-corrected chi connectivity index (χ3v) is 7.94. The van der Waals surface area contributed by atoms with E-state index in [1.165, 1.54) is 11.3 Å². The topological polar surface area (TPSA) is 85.8 Å². The molecule has 0 radical (unpaired) electrons. The van der Waals surface area contributed by atoms with Crippen molar-refractivity contribution in [1.82, 2.24) is 29.4 Å². The Hall–Kier alpha value is -4.43. The van der Waals surface area contributed by atoms with E-state index in [4.69, 9.17) is 4.98 Å². The number of pyridine rings is 1. The maximum atomic E-state index is 13.3. The van der Waals surface area contributed by atoms with E-state index in [0.717, 1.165) is 78.5 Å². The van der Waals surface area contributed by atoms with Crippen LogP contribution in [0.2, 0.25) is 0 Å². The van der Waals surface area contributed by atoms with Gasteiger partial charge in [0.25, 0.3) is 5.56 Å². The highest BCUT2D eigenvalue weighted by Gasteiger charge is 2.19. The molecule has 196 valence electrons. The Morgan fingerprint density at radius 3 is 2.59 bits per heavy atom. The molecule has 2 N–H and O–H groups in total. The number of aromatic nitrogens is 5. The Balaban J connectivity index is 0.000000237. The molecule has 0 bridgehead atoms. The summed E-state index contributed by atoms with van der Waals surface area (Å²) in [6.07, 6.45) is 3.74. The zero-order chi connectivity index (χ0) is 26.3. The predicted octanol–water partition coefficient (Wildman–Crippen LogP) is 4.81. The fourth-order valence-electron chi connectivity index (χ4n) is 5.80. The summed E-state index contributed by atoms with van der Waals surface area (Å²) in [6, 6.07) is 22.6. The summed E-state index contributed by atoms with van der Waals surface area (Å²) in [5.74, 6) is 0.659. The van der Waals surface area contributed by atoms with Gasteiger partial charge in [-0.3, -0.25) is 4.79 Å². The van der Waals surface area contributed by atoms with Gasteiger partial charge < -0.3 is 24.3 Å². The first-order valence-electron chi connectivity index (χ1n) is 13.6. The number of para-hydroxylation sites is 3. The molecular formula is C31H31N7O. The lowest BCUT2D eigenvalue weighted by atomic mass is 10.00. The maximum absolute atomic E-state index is 13.3. The van der Waals surface area contributed by atoms with Crippen LogP contribution in [0.15, 0.2) is 77.9 Å². The number of hydrogen-bond donors (Lipinski definition) is 2. The van der Waals surface area contributed by atoms with Gasteiger partial charge in [-0.1, -0.05) is 30.3 Å². The quantitative estimate of drug-likeness (QED) is 0.345. The van der Waals surface area contributed by atoms with E-state index < -0.39 is 0 Å². The number of likely N-dealkylation sites (N-methyl/N-ethyl adjacent to an activating group) is 1. The Labute approximate surface area is 225 Å². The van der Waals surface area contributed by atoms with Crippen molar-refractivity contribution in [3.8, 4) is 11.4 Å². The van der Waals surface area contributed by atoms with Gasteiger partial charge >= 0.3 is 0 Å². The lowest BCUT2D eigenvalue weighted by Crippen LogP contribution is -2.44. The van der Waals surface area contributed by atoms with Crippen LogP contribution in [0.4, 0.5) is 5.69 Å². The van der Waals surface area contributed by atoms with Crippen LogP contribution in [-0.2, 0) is 13.0 Å². The molecule has 0 amide bonds. The highest BCUT2D eigenvalue weighted by Crippen LogP contribution is 2.28. The van der Waals surface area contributed by atoms with Crippen LogP contribution in [0, 0.1) is 0 Å². The molecule has 8 heteroatoms. The first-order valence-corrected chi connectivity index (χ1v) is 13.6. The SMILES string of the molecule is CN1CCN(c2ccc3nc(-c4cc5cccc6c5n(c4=O)CCC6)[nH]c3c2)CC1.c1ccc2[nH]cnc2c1. The van der Waals surface area contributed by atoms with Crippen molar-refractivity contribution < 1.29 is 0 Å². The summed E-state index contributed by atoms with van der Waals surface area (Å²) < 4.78 is 1.94. The van der Waals surface area contributed by atoms with Crippen LogP contribution in [-0.4, -0.2) is 62.6 Å². The first kappa shape index (κ1) is 23.7. The average molecular weight is 518 g/mol. The molecule has 8 nitrogen and oxygen atoms in total. The summed E-state index contributed by atoms with van der Waals surface area (Å²) in [5.41, 5.74) is 8.26. The third-order valence-electron chi connectivity index (χ3n) is 7.94. The molecule has 1 fully saturated rings. The van der Waals surface area contributed by atoms with Crippen LogP contribution >= 0.6 is 0 Å². The molecule has 0 spiro atoms. The largest absolute Gasteiger partial charge is 0.369 e. The standard InChI is InChI=1S/C24H25N5O.C7H6N2/c1-27-10-12-28(13-11-27)18-7-8-20-21(15-18)26-23(25-20)19-14-17-5-2-4-16-6-3-9-29(22(16)17)24(19)30;1-2-4-7-6(3-1)8-5-9-7/h2,4-5,7-8,14-15H,3,6,9-13H2,1H3,(H,25,26);1-5H,(H,8,9). The highest BCUT2D eigenvalue weighted by molar-refractivity contribution is 5.88. The van der Waals surface area contributed by atoms with Crippen LogP contribution in [0.1, 0.15) is 12.0 Å². The summed E-state index contributed by atoms with van der Waals surface area (Å²) in [4.78, 5) is 33.3. The molecule has 3 aromatic heterocycles. The van der Waals surface area contributed by atoms with Gasteiger partial charge in [0.2, 0.25) is 0 Å². The molecule has 0 unspecified atom stereocenters. The van der Waals surface area contributed by atoms with E-state index in [2.05, 4.69) is 68.2 Å². The van der Waals surface area contributed by atoms with Crippen molar-refractivity contribution in [3.63, 3.8) is 0 Å². The van der Waals surface area contributed by atoms with E-state index in [9.17, 15) is 4.79 Å². The van der Waals surface area contributed by atoms with Gasteiger partial charge in [-0.05, 0) is 67.2 Å². The number of piperazine rings is 1. The predicted molar refractivity (Wildman–Crippen MR) is 157 cm³/mol. The summed E-state index contributed by atoms with van der Waals surface area (Å²) >= 11 is 0. The monoisotopic (exact) mass is 517 g/mol. The van der Waals surface area contributed by atoms with Gasteiger partial charge in [-0.2, -0.15) is 0 Å². The van der Waals surface area contributed by atoms with E-state index >= 15 is 0 Å². The number of hydrogen-bond acceptors (Lipinski definition) is 5. The van der Waals surface area contributed by atoms with Crippen molar-refractivity contribution in [2.45, 2.75) is 19.4 Å². The summed E-state index contributed by atoms with van der Waals surface area (Å²) in [7, 11) is 2.17. The fourth-order valence-corrected chi connectivity index (χ4v) is 5.80. The lowest BCUT2D eigenvalue weighted by Gasteiger charge is -2.34. The molecule has 39 heavy (non-hydrogen) atoms. The van der Waals surface area contributed by atoms with Crippen molar-refractivity contribution in [3.05, 3.63) is 89.0 Å². The Morgan fingerprint density at radius 1 is 0.846 bits per heavy atom. The number of fused-ring (bicyclic) bond motifs is 2. The van der Waals surface area contributed by atoms with Crippen molar-refractivity contribution in [2.24, 2.45) is 0 Å². The molecule has 0 atom stereocenters. The minimum absolute atomic E-state index is 0.0491. The Kier molecular flexibility index (Phi) is 5.89. The zero-order valence-electron chi connectivity index (χ0n) is 22.0. The highest BCUT2D eigenvalue weighted by atomic mass is 16.1. The van der Waals surface area contributed by atoms with Crippen LogP contribution < -0.4 is 10.5 Å². The zero-order valence-corrected chi connectivity index (χ0v) is 22.0. The third kappa shape index (κ3) is 4.36. The number of H-pyrrole nitrogens is 2. The number of nitrogens with zero attached hydrogens (tertiary/aromatic N) is 5. The molecule has 1 saturated heterocycles. The molecule has 0 saturated carbocycles. The number of aryl methyl sites for hydroxylation is 2. The second-order valence-electron chi connectivity index (χ2n) is 10.5. The van der Waals surface area contributed by atoms with Gasteiger partial charge in [-0.15, -0.1) is 0 Å². The van der Waals surface area contributed by atoms with Gasteiger partial charge in [0, 0.05) is 38.4 Å². The summed E-state index contributed by atoms with van der Waals surface area (Å²) in [5, 5.41) is 1.11. The maximum Gasteiger partial charge on any atom is 0.262 e. The molecule has 5 heterocycles. The van der Waals surface area contributed by atoms with Gasteiger partial charge in [0.05, 0.1) is 39.5 Å². The molecule has 2 aliphatic rings. The molecular weight excluding hydrogens is 486 g/mol.